The van der Waals surface area contributed by atoms with Crippen LogP contribution in [-0.2, 0) is 11.3 Å². The van der Waals surface area contributed by atoms with Crippen LogP contribution in [0.2, 0.25) is 0 Å². The summed E-state index contributed by atoms with van der Waals surface area (Å²) in [5.41, 5.74) is 1.18. The molecule has 7 nitrogen and oxygen atoms in total. The summed E-state index contributed by atoms with van der Waals surface area (Å²) in [6, 6.07) is 7.68. The summed E-state index contributed by atoms with van der Waals surface area (Å²) < 4.78 is 5.57. The average Bonchev–Trinajstić information content (AvgIpc) is 2.76. The monoisotopic (exact) mass is 546 g/mol. The van der Waals surface area contributed by atoms with Gasteiger partial charge in [0.1, 0.15) is 5.75 Å². The number of amides is 1. The van der Waals surface area contributed by atoms with Gasteiger partial charge in [0.2, 0.25) is 0 Å². The first-order chi connectivity index (χ1) is 14.6. The molecule has 0 unspecified atom stereocenters. The third-order valence-electron chi connectivity index (χ3n) is 5.59. The number of halogens is 1. The Hall–Kier alpha value is -1.55. The molecule has 1 aliphatic rings. The average molecular weight is 546 g/mol. The van der Waals surface area contributed by atoms with Crippen LogP contribution in [0.3, 0.4) is 0 Å². The zero-order chi connectivity index (χ0) is 21.7. The van der Waals surface area contributed by atoms with Gasteiger partial charge in [0.15, 0.2) is 12.6 Å². The van der Waals surface area contributed by atoms with Gasteiger partial charge in [-0.3, -0.25) is 4.79 Å². The highest BCUT2D eigenvalue weighted by atomic mass is 127. The van der Waals surface area contributed by atoms with Crippen LogP contribution in [0.25, 0.3) is 0 Å². The van der Waals surface area contributed by atoms with E-state index < -0.39 is 0 Å². The lowest BCUT2D eigenvalue weighted by Crippen LogP contribution is -2.44. The van der Waals surface area contributed by atoms with Gasteiger partial charge in [-0.05, 0) is 56.2 Å². The summed E-state index contributed by atoms with van der Waals surface area (Å²) in [7, 11) is 0. The Morgan fingerprint density at radius 3 is 2.55 bits per heavy atom. The number of guanidine groups is 1. The molecule has 0 heterocycles. The highest BCUT2D eigenvalue weighted by molar-refractivity contribution is 14.0. The number of likely N-dealkylation sites (N-methyl/N-ethyl adjacent to an activating group) is 1. The molecule has 2 rings (SSSR count). The van der Waals surface area contributed by atoms with Gasteiger partial charge in [0, 0.05) is 26.2 Å². The second kappa shape index (κ2) is 15.3. The van der Waals surface area contributed by atoms with Crippen LogP contribution >= 0.6 is 24.0 Å². The van der Waals surface area contributed by atoms with Crippen LogP contribution in [0.1, 0.15) is 57.9 Å². The molecule has 0 aliphatic heterocycles. The van der Waals surface area contributed by atoms with Crippen LogP contribution in [0.5, 0.6) is 5.75 Å². The van der Waals surface area contributed by atoms with Crippen LogP contribution in [0.15, 0.2) is 29.3 Å². The van der Waals surface area contributed by atoms with E-state index in [1.54, 1.807) is 0 Å². The number of rotatable bonds is 11. The molecular weight excluding hydrogens is 507 g/mol. The van der Waals surface area contributed by atoms with Crippen LogP contribution < -0.4 is 20.7 Å². The number of aliphatic hydroxyl groups is 1. The van der Waals surface area contributed by atoms with Crippen molar-refractivity contribution in [2.24, 2.45) is 10.4 Å². The Kier molecular flexibility index (Phi) is 13.6. The molecule has 8 heteroatoms. The lowest BCUT2D eigenvalue weighted by atomic mass is 9.72. The third kappa shape index (κ3) is 10.1. The Bertz CT molecular complexity index is 673. The zero-order valence-corrected chi connectivity index (χ0v) is 21.2. The predicted molar refractivity (Wildman–Crippen MR) is 136 cm³/mol. The number of benzene rings is 1. The van der Waals surface area contributed by atoms with Crippen molar-refractivity contribution < 1.29 is 14.6 Å². The molecule has 31 heavy (non-hydrogen) atoms. The van der Waals surface area contributed by atoms with Crippen molar-refractivity contribution in [2.75, 3.05) is 32.8 Å². The molecule has 0 radical (unpaired) electrons. The summed E-state index contributed by atoms with van der Waals surface area (Å²) in [4.78, 5) is 16.3. The van der Waals surface area contributed by atoms with Gasteiger partial charge in [-0.15, -0.1) is 24.0 Å². The third-order valence-corrected chi connectivity index (χ3v) is 5.59. The largest absolute Gasteiger partial charge is 0.484 e. The maximum absolute atomic E-state index is 11.6. The zero-order valence-electron chi connectivity index (χ0n) is 18.9. The van der Waals surface area contributed by atoms with Crippen LogP contribution in [0, 0.1) is 5.41 Å². The number of carbonyl (C=O) groups excluding carboxylic acids is 1. The number of hydrogen-bond donors (Lipinski definition) is 4. The Morgan fingerprint density at radius 1 is 1.13 bits per heavy atom. The number of nitrogens with zero attached hydrogens (tertiary/aromatic N) is 1. The standard InChI is InChI=1S/C23H38N4O3.HI/c1-3-24-21(29)17-30-20-10-8-9-19(15-20)16-26-22(25-4-2)27-18-23(13-14-28)11-6-5-7-12-23;/h8-10,15,28H,3-7,11-14,16-18H2,1-2H3,(H,24,29)(H2,25,26,27);1H. The fourth-order valence-electron chi connectivity index (χ4n) is 3.97. The van der Waals surface area contributed by atoms with Gasteiger partial charge in [0.05, 0.1) is 6.54 Å². The topological polar surface area (TPSA) is 95.0 Å². The summed E-state index contributed by atoms with van der Waals surface area (Å²) in [5.74, 6) is 1.32. The number of carbonyl (C=O) groups is 1. The maximum atomic E-state index is 11.6. The Morgan fingerprint density at radius 2 is 1.87 bits per heavy atom. The van der Waals surface area contributed by atoms with Crippen molar-refractivity contribution in [3.05, 3.63) is 29.8 Å². The van der Waals surface area contributed by atoms with E-state index in [1.807, 2.05) is 31.2 Å². The van der Waals surface area contributed by atoms with Crippen LogP contribution in [-0.4, -0.2) is 49.8 Å². The number of aliphatic imine (C=N–C) groups is 1. The van der Waals surface area contributed by atoms with Gasteiger partial charge in [0.25, 0.3) is 5.91 Å². The Labute approximate surface area is 203 Å². The predicted octanol–water partition coefficient (Wildman–Crippen LogP) is 3.21. The van der Waals surface area contributed by atoms with Crippen molar-refractivity contribution >= 4 is 35.8 Å². The van der Waals surface area contributed by atoms with Gasteiger partial charge >= 0.3 is 0 Å². The van der Waals surface area contributed by atoms with Crippen LogP contribution in [0.4, 0.5) is 0 Å². The smallest absolute Gasteiger partial charge is 0.257 e. The van der Waals surface area contributed by atoms with E-state index in [-0.39, 0.29) is 48.5 Å². The van der Waals surface area contributed by atoms with Gasteiger partial charge in [-0.25, -0.2) is 4.99 Å². The van der Waals surface area contributed by atoms with E-state index in [2.05, 4.69) is 22.9 Å². The minimum absolute atomic E-state index is 0. The molecule has 4 N–H and O–H groups in total. The summed E-state index contributed by atoms with van der Waals surface area (Å²) in [5, 5.41) is 19.1. The van der Waals surface area contributed by atoms with Crippen molar-refractivity contribution in [3.63, 3.8) is 0 Å². The SMILES string of the molecule is CCNC(=O)COc1cccc(CN=C(NCC)NCC2(CCO)CCCCC2)c1.I. The van der Waals surface area contributed by atoms with E-state index in [1.165, 1.54) is 19.3 Å². The maximum Gasteiger partial charge on any atom is 0.257 e. The summed E-state index contributed by atoms with van der Waals surface area (Å²) in [6.45, 7) is 6.90. The highest BCUT2D eigenvalue weighted by Gasteiger charge is 2.31. The molecule has 1 aliphatic carbocycles. The number of hydrogen-bond acceptors (Lipinski definition) is 4. The molecule has 0 aromatic heterocycles. The fraction of sp³-hybridized carbons (Fsp3) is 0.652. The van der Waals surface area contributed by atoms with Crippen molar-refractivity contribution in [1.29, 1.82) is 0 Å². The van der Waals surface area contributed by atoms with E-state index in [9.17, 15) is 9.90 Å². The minimum atomic E-state index is -0.126. The molecular formula is C23H39IN4O3. The molecule has 0 spiro atoms. The molecule has 1 amide bonds. The number of ether oxygens (including phenoxy) is 1. The molecule has 176 valence electrons. The minimum Gasteiger partial charge on any atom is -0.484 e. The van der Waals surface area contributed by atoms with Gasteiger partial charge in [-0.1, -0.05) is 31.4 Å². The van der Waals surface area contributed by atoms with E-state index in [0.29, 0.717) is 18.8 Å². The molecule has 1 fully saturated rings. The number of nitrogens with one attached hydrogen (secondary N) is 3. The quantitative estimate of drug-likeness (QED) is 0.194. The molecule has 1 aromatic rings. The van der Waals surface area contributed by atoms with E-state index >= 15 is 0 Å². The number of aliphatic hydroxyl groups excluding tert-OH is 1. The highest BCUT2D eigenvalue weighted by Crippen LogP contribution is 2.38. The van der Waals surface area contributed by atoms with Crippen molar-refractivity contribution in [3.8, 4) is 5.75 Å². The first kappa shape index (κ1) is 27.5. The second-order valence-corrected chi connectivity index (χ2v) is 7.97. The normalized spacial score (nSPS) is 15.5. The summed E-state index contributed by atoms with van der Waals surface area (Å²) >= 11 is 0. The first-order valence-electron chi connectivity index (χ1n) is 11.2. The second-order valence-electron chi connectivity index (χ2n) is 7.97. The van der Waals surface area contributed by atoms with E-state index in [4.69, 9.17) is 9.73 Å². The molecule has 0 atom stereocenters. The first-order valence-corrected chi connectivity index (χ1v) is 11.2. The molecule has 1 saturated carbocycles. The molecule has 0 saturated heterocycles. The Balaban J connectivity index is 0.00000480. The fourth-order valence-corrected chi connectivity index (χ4v) is 3.97. The van der Waals surface area contributed by atoms with Gasteiger partial charge in [-0.2, -0.15) is 0 Å². The van der Waals surface area contributed by atoms with E-state index in [0.717, 1.165) is 43.9 Å². The summed E-state index contributed by atoms with van der Waals surface area (Å²) in [6.07, 6.45) is 6.91. The lowest BCUT2D eigenvalue weighted by molar-refractivity contribution is -0.122. The molecule has 1 aromatic carbocycles. The van der Waals surface area contributed by atoms with Crippen molar-refractivity contribution in [1.82, 2.24) is 16.0 Å². The van der Waals surface area contributed by atoms with Gasteiger partial charge < -0.3 is 25.8 Å². The van der Waals surface area contributed by atoms with Crippen molar-refractivity contribution in [2.45, 2.75) is 58.9 Å². The lowest BCUT2D eigenvalue weighted by Gasteiger charge is -2.37. The molecule has 0 bridgehead atoms.